The monoisotopic (exact) mass is 337 g/mol. The van der Waals surface area contributed by atoms with Crippen molar-refractivity contribution in [2.24, 2.45) is 0 Å². The lowest BCUT2D eigenvalue weighted by atomic mass is 9.72. The fourth-order valence-electron chi connectivity index (χ4n) is 4.17. The number of benzene rings is 2. The van der Waals surface area contributed by atoms with Crippen LogP contribution in [0.15, 0.2) is 60.7 Å². The normalized spacial score (nSPS) is 18.2. The highest BCUT2D eigenvalue weighted by Gasteiger charge is 2.41. The molecule has 0 amide bonds. The molecule has 2 nitrogen and oxygen atoms in total. The van der Waals surface area contributed by atoms with Crippen molar-refractivity contribution in [3.05, 3.63) is 71.8 Å². The lowest BCUT2D eigenvalue weighted by molar-refractivity contribution is -0.102. The highest BCUT2D eigenvalue weighted by Crippen LogP contribution is 2.43. The Morgan fingerprint density at radius 2 is 1.48 bits per heavy atom. The van der Waals surface area contributed by atoms with Crippen LogP contribution in [0, 0.1) is 0 Å². The first-order valence-corrected chi connectivity index (χ1v) is 9.57. The van der Waals surface area contributed by atoms with Crippen LogP contribution < -0.4 is 0 Å². The summed E-state index contributed by atoms with van der Waals surface area (Å²) in [6.45, 7) is 1.73. The van der Waals surface area contributed by atoms with Gasteiger partial charge in [0.25, 0.3) is 0 Å². The number of rotatable bonds is 7. The third-order valence-electron chi connectivity index (χ3n) is 5.45. The molecule has 1 saturated carbocycles. The molecular weight excluding hydrogens is 306 g/mol. The van der Waals surface area contributed by atoms with E-state index in [1.54, 1.807) is 0 Å². The van der Waals surface area contributed by atoms with E-state index in [0.717, 1.165) is 19.4 Å². The van der Waals surface area contributed by atoms with E-state index in [1.165, 1.54) is 30.4 Å². The average molecular weight is 338 g/mol. The third-order valence-corrected chi connectivity index (χ3v) is 5.45. The van der Waals surface area contributed by atoms with Crippen molar-refractivity contribution in [2.45, 2.75) is 50.2 Å². The van der Waals surface area contributed by atoms with Crippen molar-refractivity contribution in [2.75, 3.05) is 20.6 Å². The van der Waals surface area contributed by atoms with Crippen molar-refractivity contribution < 1.29 is 4.74 Å². The molecule has 1 unspecified atom stereocenters. The van der Waals surface area contributed by atoms with E-state index in [-0.39, 0.29) is 5.60 Å². The molecule has 25 heavy (non-hydrogen) atoms. The molecule has 0 aliphatic heterocycles. The zero-order valence-corrected chi connectivity index (χ0v) is 15.7. The summed E-state index contributed by atoms with van der Waals surface area (Å²) in [5.41, 5.74) is 2.62. The van der Waals surface area contributed by atoms with Gasteiger partial charge in [0.15, 0.2) is 0 Å². The van der Waals surface area contributed by atoms with Crippen LogP contribution in [0.3, 0.4) is 0 Å². The van der Waals surface area contributed by atoms with E-state index in [9.17, 15) is 0 Å². The van der Waals surface area contributed by atoms with Crippen molar-refractivity contribution in [3.8, 4) is 0 Å². The number of likely N-dealkylation sites (N-methyl/N-ethyl adjacent to an activating group) is 1. The summed E-state index contributed by atoms with van der Waals surface area (Å²) in [5.74, 6) is 0.410. The predicted molar refractivity (Wildman–Crippen MR) is 105 cm³/mol. The summed E-state index contributed by atoms with van der Waals surface area (Å²) in [6.07, 6.45) is 6.19. The van der Waals surface area contributed by atoms with Gasteiger partial charge in [-0.05, 0) is 38.1 Å². The van der Waals surface area contributed by atoms with E-state index in [1.807, 2.05) is 0 Å². The molecule has 0 radical (unpaired) electrons. The molecule has 1 aliphatic carbocycles. The van der Waals surface area contributed by atoms with Gasteiger partial charge in [-0.3, -0.25) is 0 Å². The van der Waals surface area contributed by atoms with Gasteiger partial charge in [-0.15, -0.1) is 0 Å². The van der Waals surface area contributed by atoms with Gasteiger partial charge in [0.2, 0.25) is 0 Å². The number of nitrogens with zero attached hydrogens (tertiary/aromatic N) is 1. The van der Waals surface area contributed by atoms with Gasteiger partial charge in [0.05, 0.1) is 12.2 Å². The first-order chi connectivity index (χ1) is 12.2. The fraction of sp³-hybridized carbons (Fsp3) is 0.478. The van der Waals surface area contributed by atoms with Crippen LogP contribution in [-0.4, -0.2) is 31.1 Å². The van der Waals surface area contributed by atoms with Crippen LogP contribution >= 0.6 is 0 Å². The van der Waals surface area contributed by atoms with Crippen LogP contribution in [0.1, 0.15) is 49.1 Å². The molecular formula is C23H31NO. The molecule has 2 aromatic rings. The molecule has 0 N–H and O–H groups in total. The van der Waals surface area contributed by atoms with Gasteiger partial charge in [0, 0.05) is 12.5 Å². The number of hydrogen-bond acceptors (Lipinski definition) is 2. The molecule has 0 spiro atoms. The summed E-state index contributed by atoms with van der Waals surface area (Å²) in [5, 5.41) is 0. The summed E-state index contributed by atoms with van der Waals surface area (Å²) in [4.78, 5) is 2.31. The molecule has 0 bridgehead atoms. The summed E-state index contributed by atoms with van der Waals surface area (Å²) < 4.78 is 6.75. The molecule has 1 atom stereocenters. The van der Waals surface area contributed by atoms with Crippen molar-refractivity contribution in [3.63, 3.8) is 0 Å². The molecule has 0 heterocycles. The molecule has 3 rings (SSSR count). The molecule has 0 aromatic heterocycles. The van der Waals surface area contributed by atoms with Gasteiger partial charge in [-0.1, -0.05) is 79.9 Å². The molecule has 1 aliphatic rings. The van der Waals surface area contributed by atoms with E-state index >= 15 is 0 Å². The lowest BCUT2D eigenvalue weighted by Crippen LogP contribution is -2.45. The second kappa shape index (κ2) is 8.64. The SMILES string of the molecule is CN(C)CC(c1ccccc1)C1(OCc2ccccc2)CCCCC1. The quantitative estimate of drug-likeness (QED) is 0.684. The van der Waals surface area contributed by atoms with E-state index in [0.29, 0.717) is 12.5 Å². The topological polar surface area (TPSA) is 12.5 Å². The van der Waals surface area contributed by atoms with Crippen LogP contribution in [0.2, 0.25) is 0 Å². The zero-order chi connectivity index (χ0) is 17.5. The standard InChI is InChI=1S/C23H31NO/c1-24(2)18-22(21-14-8-4-9-15-21)23(16-10-5-11-17-23)25-19-20-12-6-3-7-13-20/h3-4,6-9,12-15,22H,5,10-11,16-19H2,1-2H3. The number of hydrogen-bond donors (Lipinski definition) is 0. The summed E-state index contributed by atoms with van der Waals surface area (Å²) in [6, 6.07) is 21.6. The highest BCUT2D eigenvalue weighted by molar-refractivity contribution is 5.24. The van der Waals surface area contributed by atoms with Crippen LogP contribution in [0.4, 0.5) is 0 Å². The fourth-order valence-corrected chi connectivity index (χ4v) is 4.17. The van der Waals surface area contributed by atoms with Crippen LogP contribution in [0.5, 0.6) is 0 Å². The smallest absolute Gasteiger partial charge is 0.0767 e. The summed E-state index contributed by atoms with van der Waals surface area (Å²) in [7, 11) is 4.34. The molecule has 2 aromatic carbocycles. The minimum absolute atomic E-state index is 0.0558. The molecule has 1 fully saturated rings. The molecule has 0 saturated heterocycles. The Bertz CT molecular complexity index is 617. The van der Waals surface area contributed by atoms with Gasteiger partial charge < -0.3 is 9.64 Å². The van der Waals surface area contributed by atoms with Crippen LogP contribution in [0.25, 0.3) is 0 Å². The van der Waals surface area contributed by atoms with Crippen molar-refractivity contribution in [1.82, 2.24) is 4.90 Å². The largest absolute Gasteiger partial charge is 0.370 e. The van der Waals surface area contributed by atoms with E-state index < -0.39 is 0 Å². The second-order valence-electron chi connectivity index (χ2n) is 7.63. The Morgan fingerprint density at radius 3 is 2.08 bits per heavy atom. The van der Waals surface area contributed by atoms with Crippen molar-refractivity contribution in [1.29, 1.82) is 0 Å². The Hall–Kier alpha value is -1.64. The van der Waals surface area contributed by atoms with E-state index in [4.69, 9.17) is 4.74 Å². The van der Waals surface area contributed by atoms with Gasteiger partial charge >= 0.3 is 0 Å². The van der Waals surface area contributed by atoms with Gasteiger partial charge in [-0.25, -0.2) is 0 Å². The Labute approximate surface area is 152 Å². The maximum atomic E-state index is 6.75. The first-order valence-electron chi connectivity index (χ1n) is 9.57. The maximum absolute atomic E-state index is 6.75. The zero-order valence-electron chi connectivity index (χ0n) is 15.7. The summed E-state index contributed by atoms with van der Waals surface area (Å²) >= 11 is 0. The number of ether oxygens (including phenoxy) is 1. The Kier molecular flexibility index (Phi) is 6.28. The minimum Gasteiger partial charge on any atom is -0.370 e. The lowest BCUT2D eigenvalue weighted by Gasteiger charge is -2.45. The molecule has 134 valence electrons. The van der Waals surface area contributed by atoms with Crippen molar-refractivity contribution >= 4 is 0 Å². The van der Waals surface area contributed by atoms with Gasteiger partial charge in [-0.2, -0.15) is 0 Å². The van der Waals surface area contributed by atoms with E-state index in [2.05, 4.69) is 79.7 Å². The Morgan fingerprint density at radius 1 is 0.880 bits per heavy atom. The second-order valence-corrected chi connectivity index (χ2v) is 7.63. The first kappa shape index (κ1) is 18.2. The molecule has 2 heteroatoms. The Balaban J connectivity index is 1.87. The minimum atomic E-state index is -0.0558. The average Bonchev–Trinajstić information content (AvgIpc) is 2.67. The maximum Gasteiger partial charge on any atom is 0.0767 e. The van der Waals surface area contributed by atoms with Gasteiger partial charge in [0.1, 0.15) is 0 Å². The van der Waals surface area contributed by atoms with Crippen LogP contribution in [-0.2, 0) is 11.3 Å². The third kappa shape index (κ3) is 4.71. The predicted octanol–water partition coefficient (Wildman–Crippen LogP) is 5.25. The highest BCUT2D eigenvalue weighted by atomic mass is 16.5.